The summed E-state index contributed by atoms with van der Waals surface area (Å²) < 4.78 is 82.1. The lowest BCUT2D eigenvalue weighted by molar-refractivity contribution is -0.826. The number of amides is 1. The van der Waals surface area contributed by atoms with Crippen LogP contribution in [0.5, 0.6) is 17.2 Å². The average Bonchev–Trinajstić information content (AvgIpc) is 3.74. The highest BCUT2D eigenvalue weighted by Gasteiger charge is 2.38. The third-order valence-corrected chi connectivity index (χ3v) is 15.5. The number of anilines is 1. The highest BCUT2D eigenvalue weighted by atomic mass is 35.5. The molecule has 2 fully saturated rings. The predicted molar refractivity (Wildman–Crippen MR) is 250 cm³/mol. The second-order valence-corrected chi connectivity index (χ2v) is 22.0. The molecule has 8 rings (SSSR count). The summed E-state index contributed by atoms with van der Waals surface area (Å²) >= 11 is 6.24. The van der Waals surface area contributed by atoms with Crippen molar-refractivity contribution in [2.45, 2.75) is 56.5 Å². The summed E-state index contributed by atoms with van der Waals surface area (Å²) in [4.78, 5) is 25.7. The molecular formula is C46H56ClFN7O9S2+. The number of aromatic nitrogens is 2. The highest BCUT2D eigenvalue weighted by Crippen LogP contribution is 2.43. The summed E-state index contributed by atoms with van der Waals surface area (Å²) in [6.07, 6.45) is 7.31. The highest BCUT2D eigenvalue weighted by molar-refractivity contribution is 7.90. The van der Waals surface area contributed by atoms with Crippen molar-refractivity contribution < 1.29 is 51.7 Å². The first-order chi connectivity index (χ1) is 30.9. The third kappa shape index (κ3) is 11.3. The molecule has 1 aliphatic carbocycles. The predicted octanol–water partition coefficient (Wildman–Crippen LogP) is 5.82. The summed E-state index contributed by atoms with van der Waals surface area (Å²) in [6, 6.07) is 20.3. The number of aromatic amines is 1. The topological polar surface area (TPSA) is 223 Å². The van der Waals surface area contributed by atoms with Gasteiger partial charge < -0.3 is 24.8 Å². The zero-order chi connectivity index (χ0) is 46.1. The van der Waals surface area contributed by atoms with Crippen molar-refractivity contribution in [2.24, 2.45) is 5.41 Å². The number of allylic oxidation sites excluding steroid dienone is 1. The number of quaternary nitrogens is 1. The van der Waals surface area contributed by atoms with Gasteiger partial charge >= 0.3 is 0 Å². The quantitative estimate of drug-likeness (QED) is 0.0768. The van der Waals surface area contributed by atoms with E-state index in [-0.39, 0.29) is 64.5 Å². The number of piperidine rings is 1. The number of carbonyl (C=O) groups excluding carboxylic acids is 1. The standard InChI is InChI=1S/C46H53ClFN7O8S2.H2O/c1-45(2)14-12-33(39(27-45)31-4-6-34(47)7-5-31)29-53-20-22-54(23-21-53)35-8-10-38(42(25-35)63-36-24-32-13-17-49-43(32)50-28-36)44(56)52-65(60,61)37-9-11-41(40(26-37)51-57)62-30-46(48)15-18-55(19-16-46)64(3,58)59;/h4-11,13,17,24-26,28,51,57H,12,14-16,18-23,27,29-30H2,1-3H3,(H,49,50)(H,52,56);1H2/p+1. The van der Waals surface area contributed by atoms with Crippen LogP contribution in [0.1, 0.15) is 61.9 Å². The van der Waals surface area contributed by atoms with Crippen LogP contribution in [0.15, 0.2) is 95.7 Å². The van der Waals surface area contributed by atoms with Gasteiger partial charge in [0.15, 0.2) is 5.75 Å². The Hall–Kier alpha value is -5.12. The Morgan fingerprint density at radius 3 is 2.36 bits per heavy atom. The van der Waals surface area contributed by atoms with Gasteiger partial charge in [-0.3, -0.25) is 9.69 Å². The fraction of sp³-hybridized carbons (Fsp3) is 0.391. The molecule has 7 N–H and O–H groups in total. The van der Waals surface area contributed by atoms with Crippen LogP contribution < -0.4 is 24.6 Å². The van der Waals surface area contributed by atoms with Crippen LogP contribution in [-0.2, 0) is 20.0 Å². The monoisotopic (exact) mass is 968 g/mol. The number of ether oxygens (including phenoxy) is 2. The number of nitrogens with zero attached hydrogens (tertiary/aromatic N) is 4. The Bertz CT molecular complexity index is 2830. The average molecular weight is 970 g/mol. The first-order valence-electron chi connectivity index (χ1n) is 21.5. The number of hydrogen-bond acceptors (Lipinski definition) is 11. The fourth-order valence-corrected chi connectivity index (χ4v) is 10.7. The van der Waals surface area contributed by atoms with Crippen LogP contribution in [-0.4, -0.2) is 117 Å². The molecule has 4 heterocycles. The van der Waals surface area contributed by atoms with Crippen molar-refractivity contribution in [2.75, 3.05) is 63.6 Å². The van der Waals surface area contributed by atoms with Gasteiger partial charge in [-0.1, -0.05) is 43.2 Å². The molecule has 0 bridgehead atoms. The van der Waals surface area contributed by atoms with Crippen LogP contribution in [0.3, 0.4) is 0 Å². The zero-order valence-corrected chi connectivity index (χ0v) is 39.4. The maximum absolute atomic E-state index is 15.6. The van der Waals surface area contributed by atoms with Gasteiger partial charge in [0.1, 0.15) is 29.4 Å². The van der Waals surface area contributed by atoms with E-state index in [1.165, 1.54) is 45.4 Å². The molecule has 0 unspecified atom stereocenters. The van der Waals surface area contributed by atoms with Gasteiger partial charge in [-0.25, -0.2) is 40.4 Å². The summed E-state index contributed by atoms with van der Waals surface area (Å²) in [7, 11) is -8.00. The molecule has 0 radical (unpaired) electrons. The van der Waals surface area contributed by atoms with Crippen molar-refractivity contribution in [3.05, 3.63) is 107 Å². The lowest BCUT2D eigenvalue weighted by Crippen LogP contribution is -2.73. The maximum Gasteiger partial charge on any atom is 0.268 e. The van der Waals surface area contributed by atoms with Crippen molar-refractivity contribution >= 4 is 65.5 Å². The first kappa shape index (κ1) is 48.8. The lowest BCUT2D eigenvalue weighted by Gasteiger charge is -2.39. The molecule has 2 aliphatic heterocycles. The Balaban J connectivity index is 0.00000648. The number of sulfonamides is 2. The van der Waals surface area contributed by atoms with Crippen molar-refractivity contribution in [3.8, 4) is 17.2 Å². The van der Waals surface area contributed by atoms with Gasteiger partial charge in [-0.05, 0) is 97.2 Å². The van der Waals surface area contributed by atoms with Crippen LogP contribution in [0.2, 0.25) is 5.02 Å². The Morgan fingerprint density at radius 1 is 0.939 bits per heavy atom. The minimum atomic E-state index is -4.54. The van der Waals surface area contributed by atoms with E-state index in [2.05, 4.69) is 50.5 Å². The van der Waals surface area contributed by atoms with Crippen LogP contribution in [0.4, 0.5) is 15.8 Å². The second kappa shape index (κ2) is 19.6. The van der Waals surface area contributed by atoms with E-state index in [1.807, 2.05) is 18.2 Å². The fourth-order valence-electron chi connectivity index (χ4n) is 8.71. The van der Waals surface area contributed by atoms with Gasteiger partial charge in [0.2, 0.25) is 15.7 Å². The van der Waals surface area contributed by atoms with Crippen LogP contribution in [0, 0.1) is 5.41 Å². The molecule has 3 aromatic carbocycles. The molecule has 0 spiro atoms. The van der Waals surface area contributed by atoms with Crippen molar-refractivity contribution in [1.29, 1.82) is 0 Å². The molecule has 66 heavy (non-hydrogen) atoms. The Kier molecular flexibility index (Phi) is 14.5. The number of nitrogens with one attached hydrogen (secondary N) is 2. The lowest BCUT2D eigenvalue weighted by atomic mass is 9.72. The Labute approximate surface area is 389 Å². The maximum atomic E-state index is 15.6. The Morgan fingerprint density at radius 2 is 1.67 bits per heavy atom. The molecule has 2 saturated heterocycles. The summed E-state index contributed by atoms with van der Waals surface area (Å²) in [6.45, 7) is 8.10. The van der Waals surface area contributed by atoms with Crippen molar-refractivity contribution in [3.63, 3.8) is 0 Å². The number of pyridine rings is 1. The molecule has 0 atom stereocenters. The summed E-state index contributed by atoms with van der Waals surface area (Å²) in [5, 5.41) is 11.5. The number of nitrogens with two attached hydrogens (primary N) is 1. The molecule has 3 aliphatic rings. The first-order valence-corrected chi connectivity index (χ1v) is 25.2. The molecule has 20 heteroatoms. The van der Waals surface area contributed by atoms with Gasteiger partial charge in [0.25, 0.3) is 15.9 Å². The van der Waals surface area contributed by atoms with E-state index in [4.69, 9.17) is 21.1 Å². The molecule has 2 aromatic heterocycles. The number of piperazine rings is 1. The number of H-pyrrole nitrogens is 1. The molecule has 1 amide bonds. The number of fused-ring (bicyclic) bond motifs is 1. The molecule has 0 saturated carbocycles. The minimum absolute atomic E-state index is 0. The number of rotatable bonds is 14. The summed E-state index contributed by atoms with van der Waals surface area (Å²) in [5.41, 5.74) is 4.41. The van der Waals surface area contributed by atoms with E-state index in [0.717, 1.165) is 67.3 Å². The summed E-state index contributed by atoms with van der Waals surface area (Å²) in [5.74, 6) is -0.501. The van der Waals surface area contributed by atoms with Crippen LogP contribution >= 0.6 is 11.6 Å². The van der Waals surface area contributed by atoms with Gasteiger partial charge in [0, 0.05) is 80.2 Å². The second-order valence-electron chi connectivity index (χ2n) is 17.9. The smallest absolute Gasteiger partial charge is 0.268 e. The molecule has 5 aromatic rings. The molecule has 354 valence electrons. The van der Waals surface area contributed by atoms with Crippen LogP contribution in [0.25, 0.3) is 16.6 Å². The molecular weight excluding hydrogens is 913 g/mol. The largest absolute Gasteiger partial charge is 0.484 e. The van der Waals surface area contributed by atoms with E-state index in [9.17, 15) is 26.8 Å². The number of hydrogen-bond donors (Lipinski definition) is 4. The van der Waals surface area contributed by atoms with E-state index >= 15 is 4.39 Å². The van der Waals surface area contributed by atoms with E-state index in [1.54, 1.807) is 24.4 Å². The third-order valence-electron chi connectivity index (χ3n) is 12.6. The van der Waals surface area contributed by atoms with Crippen molar-refractivity contribution in [1.82, 2.24) is 23.9 Å². The van der Waals surface area contributed by atoms with Gasteiger partial charge in [-0.2, -0.15) is 5.48 Å². The molecule has 16 nitrogen and oxygen atoms in total. The number of halogens is 2. The minimum Gasteiger partial charge on any atom is -0.484 e. The SMILES string of the molecule is CC1(C)CCC(CN2CCN(c3ccc(C(=O)NS(=O)(=O)c4ccc(OCC5(F)CCN(S(C)(=O)=O)CC5)c([NH2+]O)c4)c(Oc4cnc5[nH]ccc5c4)c3)CC2)=C(c2ccc(Cl)cc2)C1.O. The van der Waals surface area contributed by atoms with Gasteiger partial charge in [-0.15, -0.1) is 0 Å². The van der Waals surface area contributed by atoms with E-state index in [0.29, 0.717) is 30.0 Å². The number of benzene rings is 3. The zero-order valence-electron chi connectivity index (χ0n) is 37.0. The van der Waals surface area contributed by atoms with Gasteiger partial charge in [0.05, 0.1) is 22.9 Å². The van der Waals surface area contributed by atoms with E-state index < -0.39 is 38.2 Å². The normalized spacial score (nSPS) is 18.2. The number of carbonyl (C=O) groups is 1. The number of alkyl halides is 1.